The first kappa shape index (κ1) is 12.4. The first-order chi connectivity index (χ1) is 9.24. The number of fused-ring (bicyclic) bond motifs is 1. The van der Waals surface area contributed by atoms with Crippen LogP contribution in [0.2, 0.25) is 5.28 Å². The number of aromatic nitrogens is 2. The summed E-state index contributed by atoms with van der Waals surface area (Å²) < 4.78 is 13.8. The molecule has 19 heavy (non-hydrogen) atoms. The molecule has 2 heterocycles. The van der Waals surface area contributed by atoms with Crippen molar-refractivity contribution >= 4 is 17.4 Å². The van der Waals surface area contributed by atoms with E-state index >= 15 is 0 Å². The predicted molar refractivity (Wildman–Crippen MR) is 72.8 cm³/mol. The van der Waals surface area contributed by atoms with Gasteiger partial charge in [0.05, 0.1) is 6.20 Å². The highest BCUT2D eigenvalue weighted by molar-refractivity contribution is 6.28. The Labute approximate surface area is 116 Å². The second-order valence-corrected chi connectivity index (χ2v) is 4.94. The first-order valence-corrected chi connectivity index (χ1v) is 6.61. The second kappa shape index (κ2) is 5.13. The summed E-state index contributed by atoms with van der Waals surface area (Å²) in [7, 11) is 0. The van der Waals surface area contributed by atoms with Crippen LogP contribution in [-0.2, 0) is 13.0 Å². The van der Waals surface area contributed by atoms with Crippen molar-refractivity contribution in [3.05, 3.63) is 52.7 Å². The molecule has 2 aromatic rings. The lowest BCUT2D eigenvalue weighted by Gasteiger charge is -2.22. The number of nitrogens with zero attached hydrogens (tertiary/aromatic N) is 3. The lowest BCUT2D eigenvalue weighted by molar-refractivity contribution is 0.599. The summed E-state index contributed by atoms with van der Waals surface area (Å²) in [5, 5.41) is 0.0777. The fourth-order valence-corrected chi connectivity index (χ4v) is 2.57. The van der Waals surface area contributed by atoms with Crippen LogP contribution in [0.5, 0.6) is 0 Å². The van der Waals surface area contributed by atoms with Gasteiger partial charge in [0, 0.05) is 13.1 Å². The van der Waals surface area contributed by atoms with Crippen molar-refractivity contribution in [2.45, 2.75) is 19.4 Å². The van der Waals surface area contributed by atoms with E-state index in [1.54, 1.807) is 0 Å². The van der Waals surface area contributed by atoms with Crippen LogP contribution in [0.4, 0.5) is 10.2 Å². The molecule has 0 aliphatic carbocycles. The molecule has 0 amide bonds. The van der Waals surface area contributed by atoms with Crippen LogP contribution < -0.4 is 4.90 Å². The van der Waals surface area contributed by atoms with Crippen LogP contribution in [0.3, 0.4) is 0 Å². The van der Waals surface area contributed by atoms with Crippen LogP contribution in [0, 0.1) is 5.82 Å². The monoisotopic (exact) mass is 277 g/mol. The molecule has 98 valence electrons. The minimum absolute atomic E-state index is 0.0777. The largest absolute Gasteiger partial charge is 0.350 e. The molecule has 0 radical (unpaired) electrons. The van der Waals surface area contributed by atoms with Gasteiger partial charge in [0.1, 0.15) is 0 Å². The molecule has 1 aromatic carbocycles. The Morgan fingerprint density at radius 1 is 1.21 bits per heavy atom. The number of hydrogen-bond acceptors (Lipinski definition) is 3. The van der Waals surface area contributed by atoms with Crippen molar-refractivity contribution < 1.29 is 4.39 Å². The number of hydrogen-bond donors (Lipinski definition) is 0. The molecule has 1 aliphatic heterocycles. The lowest BCUT2D eigenvalue weighted by Crippen LogP contribution is -2.25. The van der Waals surface area contributed by atoms with Gasteiger partial charge in [0.25, 0.3) is 0 Å². The van der Waals surface area contributed by atoms with Crippen LogP contribution in [0.15, 0.2) is 30.5 Å². The molecule has 0 saturated carbocycles. The highest BCUT2D eigenvalue weighted by atomic mass is 35.5. The highest BCUT2D eigenvalue weighted by Crippen LogP contribution is 2.24. The van der Waals surface area contributed by atoms with Gasteiger partial charge in [-0.2, -0.15) is 4.98 Å². The SMILES string of the molecule is Fc1cnc(Cl)nc1N1CCCc2ccccc2C1. The van der Waals surface area contributed by atoms with E-state index in [2.05, 4.69) is 22.1 Å². The van der Waals surface area contributed by atoms with E-state index < -0.39 is 5.82 Å². The van der Waals surface area contributed by atoms with Crippen LogP contribution in [0.1, 0.15) is 17.5 Å². The average Bonchev–Trinajstić information content (AvgIpc) is 2.63. The maximum Gasteiger partial charge on any atom is 0.224 e. The van der Waals surface area contributed by atoms with Crippen LogP contribution in [0.25, 0.3) is 0 Å². The summed E-state index contributed by atoms with van der Waals surface area (Å²) >= 11 is 5.76. The topological polar surface area (TPSA) is 29.0 Å². The number of anilines is 1. The quantitative estimate of drug-likeness (QED) is 0.750. The Kier molecular flexibility index (Phi) is 3.34. The minimum Gasteiger partial charge on any atom is -0.350 e. The Morgan fingerprint density at radius 2 is 2.00 bits per heavy atom. The van der Waals surface area contributed by atoms with Gasteiger partial charge in [-0.25, -0.2) is 9.37 Å². The molecule has 0 saturated heterocycles. The average molecular weight is 278 g/mol. The number of rotatable bonds is 1. The van der Waals surface area contributed by atoms with E-state index in [0.29, 0.717) is 6.54 Å². The zero-order valence-electron chi connectivity index (χ0n) is 10.3. The second-order valence-electron chi connectivity index (χ2n) is 4.60. The minimum atomic E-state index is -0.427. The summed E-state index contributed by atoms with van der Waals surface area (Å²) in [6.45, 7) is 1.42. The van der Waals surface area contributed by atoms with Crippen molar-refractivity contribution in [2.75, 3.05) is 11.4 Å². The van der Waals surface area contributed by atoms with Crippen LogP contribution >= 0.6 is 11.6 Å². The van der Waals surface area contributed by atoms with Gasteiger partial charge < -0.3 is 4.90 Å². The zero-order valence-corrected chi connectivity index (χ0v) is 11.1. The molecule has 0 unspecified atom stereocenters. The molecular weight excluding hydrogens is 265 g/mol. The number of aryl methyl sites for hydroxylation is 1. The van der Waals surface area contributed by atoms with E-state index in [-0.39, 0.29) is 11.1 Å². The third kappa shape index (κ3) is 2.54. The molecule has 5 heteroatoms. The van der Waals surface area contributed by atoms with Gasteiger partial charge in [0.15, 0.2) is 11.6 Å². The third-order valence-corrected chi connectivity index (χ3v) is 3.53. The van der Waals surface area contributed by atoms with Gasteiger partial charge in [-0.1, -0.05) is 24.3 Å². The van der Waals surface area contributed by atoms with Crippen molar-refractivity contribution in [3.8, 4) is 0 Å². The summed E-state index contributed by atoms with van der Waals surface area (Å²) in [4.78, 5) is 9.60. The zero-order chi connectivity index (χ0) is 13.2. The van der Waals surface area contributed by atoms with E-state index in [4.69, 9.17) is 11.6 Å². The predicted octanol–water partition coefficient (Wildman–Crippen LogP) is 3.22. The van der Waals surface area contributed by atoms with E-state index in [1.165, 1.54) is 11.1 Å². The molecule has 0 fully saturated rings. The van der Waals surface area contributed by atoms with E-state index in [0.717, 1.165) is 25.6 Å². The maximum absolute atomic E-state index is 13.8. The molecule has 0 spiro atoms. The molecule has 1 aliphatic rings. The molecule has 0 N–H and O–H groups in total. The van der Waals surface area contributed by atoms with Crippen molar-refractivity contribution in [1.82, 2.24) is 9.97 Å². The summed E-state index contributed by atoms with van der Waals surface area (Å²) in [6.07, 6.45) is 3.10. The van der Waals surface area contributed by atoms with Gasteiger partial charge in [-0.15, -0.1) is 0 Å². The van der Waals surface area contributed by atoms with Gasteiger partial charge in [-0.3, -0.25) is 0 Å². The standard InChI is InChI=1S/C14H13ClFN3/c15-14-17-8-12(16)13(18-14)19-7-3-6-10-4-1-2-5-11(10)9-19/h1-2,4-5,8H,3,6-7,9H2. The van der Waals surface area contributed by atoms with Crippen LogP contribution in [-0.4, -0.2) is 16.5 Å². The lowest BCUT2D eigenvalue weighted by atomic mass is 10.0. The van der Waals surface area contributed by atoms with Crippen molar-refractivity contribution in [1.29, 1.82) is 0 Å². The Morgan fingerprint density at radius 3 is 2.84 bits per heavy atom. The third-order valence-electron chi connectivity index (χ3n) is 3.35. The molecule has 3 nitrogen and oxygen atoms in total. The van der Waals surface area contributed by atoms with E-state index in [9.17, 15) is 4.39 Å². The van der Waals surface area contributed by atoms with Gasteiger partial charge in [0.2, 0.25) is 5.28 Å². The fourth-order valence-electron chi connectivity index (χ4n) is 2.44. The summed E-state index contributed by atoms with van der Waals surface area (Å²) in [5.41, 5.74) is 2.54. The smallest absolute Gasteiger partial charge is 0.224 e. The molecule has 3 rings (SSSR count). The number of benzene rings is 1. The Bertz CT molecular complexity index is 603. The molecular formula is C14H13ClFN3. The van der Waals surface area contributed by atoms with Gasteiger partial charge >= 0.3 is 0 Å². The first-order valence-electron chi connectivity index (χ1n) is 6.24. The maximum atomic E-state index is 13.8. The Hall–Kier alpha value is -1.68. The van der Waals surface area contributed by atoms with Crippen molar-refractivity contribution in [3.63, 3.8) is 0 Å². The summed E-state index contributed by atoms with van der Waals surface area (Å²) in [6, 6.07) is 8.25. The normalized spacial score (nSPS) is 14.9. The summed E-state index contributed by atoms with van der Waals surface area (Å²) in [5.74, 6) is -0.138. The Balaban J connectivity index is 1.96. The molecule has 0 atom stereocenters. The van der Waals surface area contributed by atoms with E-state index in [1.807, 2.05) is 17.0 Å². The van der Waals surface area contributed by atoms with Gasteiger partial charge in [-0.05, 0) is 35.6 Å². The molecule has 1 aromatic heterocycles. The number of halogens is 2. The van der Waals surface area contributed by atoms with Crippen molar-refractivity contribution in [2.24, 2.45) is 0 Å². The fraction of sp³-hybridized carbons (Fsp3) is 0.286. The highest BCUT2D eigenvalue weighted by Gasteiger charge is 2.19. The molecule has 0 bridgehead atoms.